The molecule has 3 aromatic rings. The van der Waals surface area contributed by atoms with Crippen molar-refractivity contribution >= 4 is 23.1 Å². The number of carboxylic acids is 1. The number of anilines is 1. The third-order valence-corrected chi connectivity index (χ3v) is 5.20. The maximum atomic E-state index is 11.5. The van der Waals surface area contributed by atoms with E-state index in [2.05, 4.69) is 0 Å². The quantitative estimate of drug-likeness (QED) is 0.462. The molecule has 8 nitrogen and oxygen atoms in total. The molecule has 156 valence electrons. The second-order valence-corrected chi connectivity index (χ2v) is 7.01. The van der Waals surface area contributed by atoms with Crippen LogP contribution in [0.25, 0.3) is 0 Å². The number of hydrogen-bond donors (Lipinski definition) is 1. The van der Waals surface area contributed by atoms with Crippen molar-refractivity contribution in [1.82, 2.24) is 0 Å². The summed E-state index contributed by atoms with van der Waals surface area (Å²) in [7, 11) is 1.59. The first-order valence-corrected chi connectivity index (χ1v) is 9.55. The van der Waals surface area contributed by atoms with Crippen LogP contribution in [0.3, 0.4) is 0 Å². The first kappa shape index (κ1) is 20.1. The van der Waals surface area contributed by atoms with Crippen molar-refractivity contribution in [3.8, 4) is 5.75 Å². The Hall–Kier alpha value is -4.20. The fraction of sp³-hybridized carbons (Fsp3) is 0.130. The van der Waals surface area contributed by atoms with Crippen LogP contribution in [-0.2, 0) is 0 Å². The van der Waals surface area contributed by atoms with Crippen molar-refractivity contribution in [3.05, 3.63) is 99.6 Å². The van der Waals surface area contributed by atoms with Crippen molar-refractivity contribution in [1.29, 1.82) is 0 Å². The van der Waals surface area contributed by atoms with E-state index in [1.54, 1.807) is 42.5 Å². The molecule has 1 unspecified atom stereocenters. The van der Waals surface area contributed by atoms with E-state index in [1.165, 1.54) is 18.2 Å². The molecular formula is C23H19N3O5. The summed E-state index contributed by atoms with van der Waals surface area (Å²) in [5, 5.41) is 27.2. The summed E-state index contributed by atoms with van der Waals surface area (Å²) < 4.78 is 5.24. The molecule has 0 amide bonds. The minimum absolute atomic E-state index is 0.00203. The fourth-order valence-corrected chi connectivity index (χ4v) is 3.63. The number of rotatable bonds is 6. The Morgan fingerprint density at radius 1 is 1.10 bits per heavy atom. The van der Waals surface area contributed by atoms with E-state index in [0.29, 0.717) is 23.4 Å². The summed E-state index contributed by atoms with van der Waals surface area (Å²) in [6.45, 7) is 0. The van der Waals surface area contributed by atoms with Crippen LogP contribution in [0.5, 0.6) is 5.75 Å². The van der Waals surface area contributed by atoms with Crippen LogP contribution in [-0.4, -0.2) is 28.8 Å². The smallest absolute Gasteiger partial charge is 0.335 e. The van der Waals surface area contributed by atoms with Gasteiger partial charge >= 0.3 is 5.97 Å². The summed E-state index contributed by atoms with van der Waals surface area (Å²) in [5.74, 6) is -0.289. The average Bonchev–Trinajstić information content (AvgIpc) is 3.24. The highest BCUT2D eigenvalue weighted by Gasteiger charge is 2.32. The molecule has 1 atom stereocenters. The van der Waals surface area contributed by atoms with Gasteiger partial charge in [-0.25, -0.2) is 4.79 Å². The van der Waals surface area contributed by atoms with Crippen molar-refractivity contribution < 1.29 is 19.6 Å². The molecule has 1 aliphatic rings. The molecule has 0 radical (unpaired) electrons. The van der Waals surface area contributed by atoms with Gasteiger partial charge in [0.05, 0.1) is 40.6 Å². The zero-order chi connectivity index (χ0) is 22.0. The Labute approximate surface area is 178 Å². The number of hydrazone groups is 1. The van der Waals surface area contributed by atoms with E-state index in [1.807, 2.05) is 24.3 Å². The molecule has 1 heterocycles. The summed E-state index contributed by atoms with van der Waals surface area (Å²) in [5.41, 5.74) is 2.88. The number of benzene rings is 3. The molecule has 31 heavy (non-hydrogen) atoms. The SMILES string of the molecule is COc1ccc(C2CC(c3ccccc3[N+](=O)[O-])=NN2c2ccc(C(=O)O)cc2)cc1. The number of nitro groups is 1. The van der Waals surface area contributed by atoms with Gasteiger partial charge in [0, 0.05) is 12.5 Å². The number of ether oxygens (including phenoxy) is 1. The lowest BCUT2D eigenvalue weighted by Gasteiger charge is -2.24. The number of hydrogen-bond acceptors (Lipinski definition) is 6. The van der Waals surface area contributed by atoms with Crippen molar-refractivity contribution in [2.24, 2.45) is 5.10 Å². The van der Waals surface area contributed by atoms with Gasteiger partial charge in [0.25, 0.3) is 5.69 Å². The predicted octanol–water partition coefficient (Wildman–Crippen LogP) is 4.66. The number of methoxy groups -OCH3 is 1. The second-order valence-electron chi connectivity index (χ2n) is 7.01. The standard InChI is InChI=1S/C23H19N3O5/c1-31-18-12-8-15(9-13-18)22-14-20(19-4-2-3-5-21(19)26(29)30)24-25(22)17-10-6-16(7-11-17)23(27)28/h2-13,22H,14H2,1H3,(H,27,28). The normalized spacial score (nSPS) is 15.5. The van der Waals surface area contributed by atoms with E-state index in [-0.39, 0.29) is 17.3 Å². The minimum atomic E-state index is -1.01. The molecular weight excluding hydrogens is 398 g/mol. The highest BCUT2D eigenvalue weighted by atomic mass is 16.6. The second kappa shape index (κ2) is 8.27. The largest absolute Gasteiger partial charge is 0.497 e. The van der Waals surface area contributed by atoms with Gasteiger partial charge < -0.3 is 9.84 Å². The molecule has 0 aromatic heterocycles. The van der Waals surface area contributed by atoms with Crippen LogP contribution in [0.15, 0.2) is 77.9 Å². The zero-order valence-corrected chi connectivity index (χ0v) is 16.6. The van der Waals surface area contributed by atoms with E-state index in [9.17, 15) is 20.0 Å². The lowest BCUT2D eigenvalue weighted by molar-refractivity contribution is -0.385. The molecule has 1 aliphatic heterocycles. The number of carbonyl (C=O) groups is 1. The van der Waals surface area contributed by atoms with E-state index < -0.39 is 10.9 Å². The monoisotopic (exact) mass is 417 g/mol. The molecule has 1 N–H and O–H groups in total. The van der Waals surface area contributed by atoms with Gasteiger partial charge in [-0.2, -0.15) is 5.10 Å². The van der Waals surface area contributed by atoms with E-state index in [4.69, 9.17) is 9.84 Å². The molecule has 4 rings (SSSR count). The summed E-state index contributed by atoms with van der Waals surface area (Å²) >= 11 is 0. The molecule has 0 saturated heterocycles. The first-order chi connectivity index (χ1) is 15.0. The highest BCUT2D eigenvalue weighted by Crippen LogP contribution is 2.38. The van der Waals surface area contributed by atoms with Gasteiger partial charge in [-0.05, 0) is 48.0 Å². The van der Waals surface area contributed by atoms with E-state index in [0.717, 1.165) is 11.3 Å². The minimum Gasteiger partial charge on any atom is -0.497 e. The number of nitro benzene ring substituents is 1. The van der Waals surface area contributed by atoms with Crippen LogP contribution >= 0.6 is 0 Å². The molecule has 0 spiro atoms. The number of carboxylic acid groups (broad SMARTS) is 1. The zero-order valence-electron chi connectivity index (χ0n) is 16.6. The number of para-hydroxylation sites is 1. The van der Waals surface area contributed by atoms with Gasteiger partial charge in [0.2, 0.25) is 0 Å². The van der Waals surface area contributed by atoms with Crippen LogP contribution < -0.4 is 9.75 Å². The maximum Gasteiger partial charge on any atom is 0.335 e. The van der Waals surface area contributed by atoms with Gasteiger partial charge in [-0.15, -0.1) is 0 Å². The van der Waals surface area contributed by atoms with Gasteiger partial charge in [0.15, 0.2) is 0 Å². The molecule has 0 fully saturated rings. The van der Waals surface area contributed by atoms with Crippen molar-refractivity contribution in [2.45, 2.75) is 12.5 Å². The Balaban J connectivity index is 1.77. The molecule has 0 bridgehead atoms. The van der Waals surface area contributed by atoms with Crippen LogP contribution in [0.4, 0.5) is 11.4 Å². The molecule has 0 aliphatic carbocycles. The van der Waals surface area contributed by atoms with Crippen molar-refractivity contribution in [2.75, 3.05) is 12.1 Å². The summed E-state index contributed by atoms with van der Waals surface area (Å²) in [6, 6.07) is 20.3. The lowest BCUT2D eigenvalue weighted by Crippen LogP contribution is -2.18. The van der Waals surface area contributed by atoms with Crippen molar-refractivity contribution in [3.63, 3.8) is 0 Å². The van der Waals surface area contributed by atoms with Crippen LogP contribution in [0, 0.1) is 10.1 Å². The summed E-state index contributed by atoms with van der Waals surface area (Å²) in [6.07, 6.45) is 0.456. The maximum absolute atomic E-state index is 11.5. The third kappa shape index (κ3) is 3.95. The third-order valence-electron chi connectivity index (χ3n) is 5.20. The molecule has 0 saturated carbocycles. The molecule has 8 heteroatoms. The Morgan fingerprint density at radius 2 is 1.77 bits per heavy atom. The number of nitrogens with zero attached hydrogens (tertiary/aromatic N) is 3. The molecule has 3 aromatic carbocycles. The summed E-state index contributed by atoms with van der Waals surface area (Å²) in [4.78, 5) is 22.3. The Morgan fingerprint density at radius 3 is 2.39 bits per heavy atom. The average molecular weight is 417 g/mol. The van der Waals surface area contributed by atoms with Gasteiger partial charge in [-0.1, -0.05) is 24.3 Å². The van der Waals surface area contributed by atoms with E-state index >= 15 is 0 Å². The number of aromatic carboxylic acids is 1. The van der Waals surface area contributed by atoms with Gasteiger partial charge in [0.1, 0.15) is 5.75 Å². The first-order valence-electron chi connectivity index (χ1n) is 9.55. The highest BCUT2D eigenvalue weighted by molar-refractivity contribution is 6.06. The Bertz CT molecular complexity index is 1160. The fourth-order valence-electron chi connectivity index (χ4n) is 3.63. The predicted molar refractivity (Wildman–Crippen MR) is 116 cm³/mol. The topological polar surface area (TPSA) is 105 Å². The van der Waals surface area contributed by atoms with Crippen LogP contribution in [0.2, 0.25) is 0 Å². The Kier molecular flexibility index (Phi) is 5.36. The lowest BCUT2D eigenvalue weighted by atomic mass is 9.97. The van der Waals surface area contributed by atoms with Gasteiger partial charge in [-0.3, -0.25) is 15.1 Å². The van der Waals surface area contributed by atoms with Crippen LogP contribution in [0.1, 0.15) is 33.9 Å².